The van der Waals surface area contributed by atoms with Crippen LogP contribution in [-0.4, -0.2) is 47.8 Å². The van der Waals surface area contributed by atoms with Crippen LogP contribution in [0, 0.1) is 18.3 Å². The van der Waals surface area contributed by atoms with Crippen molar-refractivity contribution in [3.63, 3.8) is 0 Å². The van der Waals surface area contributed by atoms with E-state index in [1.165, 1.54) is 0 Å². The molecule has 2 saturated carbocycles. The molecule has 1 saturated heterocycles. The van der Waals surface area contributed by atoms with Crippen molar-refractivity contribution in [2.75, 3.05) is 20.2 Å². The summed E-state index contributed by atoms with van der Waals surface area (Å²) in [5.41, 5.74) is 0.808. The van der Waals surface area contributed by atoms with Crippen molar-refractivity contribution < 1.29 is 19.4 Å². The Balaban J connectivity index is 1.25. The zero-order chi connectivity index (χ0) is 19.2. The lowest BCUT2D eigenvalue weighted by Crippen LogP contribution is -2.63. The highest BCUT2D eigenvalue weighted by molar-refractivity contribution is 5.81. The molecule has 0 aromatic heterocycles. The van der Waals surface area contributed by atoms with Gasteiger partial charge in [-0.3, -0.25) is 4.79 Å². The summed E-state index contributed by atoms with van der Waals surface area (Å²) in [6.07, 6.45) is 5.79. The quantitative estimate of drug-likeness (QED) is 0.880. The summed E-state index contributed by atoms with van der Waals surface area (Å²) in [6, 6.07) is 6.02. The first kappa shape index (κ1) is 18.6. The molecular weight excluding hydrogens is 342 g/mol. The van der Waals surface area contributed by atoms with Crippen molar-refractivity contribution in [2.45, 2.75) is 64.1 Å². The molecule has 27 heavy (non-hydrogen) atoms. The number of ether oxygens (including phenoxy) is 2. The number of aryl methyl sites for hydroxylation is 1. The Hall–Kier alpha value is -1.75. The predicted molar refractivity (Wildman–Crippen MR) is 103 cm³/mol. The second kappa shape index (κ2) is 6.69. The first-order valence-corrected chi connectivity index (χ1v) is 10.1. The van der Waals surface area contributed by atoms with Crippen LogP contribution in [-0.2, 0) is 4.79 Å². The maximum Gasteiger partial charge on any atom is 0.225 e. The van der Waals surface area contributed by atoms with Crippen molar-refractivity contribution in [3.8, 4) is 11.5 Å². The molecule has 4 rings (SSSR count). The molecule has 1 heterocycles. The fraction of sp³-hybridized carbons (Fsp3) is 0.682. The standard InChI is InChI=1S/C22H31NO4/c1-15-8-18(26-3)10-19(9-15)27-17-4-6-22(7-5-17)13-23(14-22)20(24)16-11-21(2,25)12-16/h8-10,16-17,25H,4-7,11-14H2,1-3H3. The average molecular weight is 373 g/mol. The summed E-state index contributed by atoms with van der Waals surface area (Å²) in [7, 11) is 1.68. The molecule has 5 heteroatoms. The molecule has 1 N–H and O–H groups in total. The van der Waals surface area contributed by atoms with Gasteiger partial charge in [0, 0.05) is 30.5 Å². The molecule has 1 amide bonds. The topological polar surface area (TPSA) is 59.0 Å². The van der Waals surface area contributed by atoms with E-state index in [0.29, 0.717) is 18.3 Å². The minimum absolute atomic E-state index is 0.0355. The van der Waals surface area contributed by atoms with Gasteiger partial charge in [0.05, 0.1) is 18.8 Å². The molecule has 0 atom stereocenters. The van der Waals surface area contributed by atoms with Crippen molar-refractivity contribution in [3.05, 3.63) is 23.8 Å². The third kappa shape index (κ3) is 3.79. The van der Waals surface area contributed by atoms with E-state index >= 15 is 0 Å². The zero-order valence-electron chi connectivity index (χ0n) is 16.7. The monoisotopic (exact) mass is 373 g/mol. The molecule has 0 unspecified atom stereocenters. The van der Waals surface area contributed by atoms with Crippen LogP contribution in [0.4, 0.5) is 0 Å². The van der Waals surface area contributed by atoms with Crippen LogP contribution in [0.3, 0.4) is 0 Å². The number of rotatable bonds is 4. The lowest BCUT2D eigenvalue weighted by molar-refractivity contribution is -0.164. The highest BCUT2D eigenvalue weighted by Crippen LogP contribution is 2.47. The Morgan fingerprint density at radius 2 is 1.78 bits per heavy atom. The van der Waals surface area contributed by atoms with Gasteiger partial charge in [-0.05, 0) is 70.1 Å². The Labute approximate surface area is 161 Å². The number of methoxy groups -OCH3 is 1. The summed E-state index contributed by atoms with van der Waals surface area (Å²) < 4.78 is 11.5. The van der Waals surface area contributed by atoms with E-state index in [4.69, 9.17) is 9.47 Å². The molecule has 1 aromatic carbocycles. The normalized spacial score (nSPS) is 29.8. The first-order chi connectivity index (χ1) is 12.8. The molecule has 1 aliphatic heterocycles. The minimum atomic E-state index is -0.628. The lowest BCUT2D eigenvalue weighted by atomic mass is 9.66. The Morgan fingerprint density at radius 1 is 1.15 bits per heavy atom. The van der Waals surface area contributed by atoms with Crippen LogP contribution in [0.5, 0.6) is 11.5 Å². The number of amides is 1. The van der Waals surface area contributed by atoms with Crippen LogP contribution < -0.4 is 9.47 Å². The average Bonchev–Trinajstić information content (AvgIpc) is 2.57. The summed E-state index contributed by atoms with van der Waals surface area (Å²) in [5, 5.41) is 9.86. The molecule has 1 aromatic rings. The molecule has 3 aliphatic rings. The maximum atomic E-state index is 12.5. The van der Waals surface area contributed by atoms with Gasteiger partial charge in [0.2, 0.25) is 5.91 Å². The Bertz CT molecular complexity index is 705. The number of benzene rings is 1. The smallest absolute Gasteiger partial charge is 0.225 e. The van der Waals surface area contributed by atoms with Crippen molar-refractivity contribution in [1.82, 2.24) is 4.90 Å². The number of carbonyl (C=O) groups is 1. The largest absolute Gasteiger partial charge is 0.497 e. The van der Waals surface area contributed by atoms with Crippen LogP contribution in [0.1, 0.15) is 51.0 Å². The van der Waals surface area contributed by atoms with Gasteiger partial charge in [0.25, 0.3) is 0 Å². The van der Waals surface area contributed by atoms with Gasteiger partial charge >= 0.3 is 0 Å². The third-order valence-electron chi connectivity index (χ3n) is 6.64. The summed E-state index contributed by atoms with van der Waals surface area (Å²) in [5.74, 6) is 2.00. The number of nitrogens with zero attached hydrogens (tertiary/aromatic N) is 1. The molecule has 0 radical (unpaired) electrons. The highest BCUT2D eigenvalue weighted by Gasteiger charge is 2.51. The van der Waals surface area contributed by atoms with E-state index in [2.05, 4.69) is 6.07 Å². The number of hydrogen-bond donors (Lipinski definition) is 1. The van der Waals surface area contributed by atoms with Gasteiger partial charge in [-0.25, -0.2) is 0 Å². The van der Waals surface area contributed by atoms with Gasteiger partial charge in [0.1, 0.15) is 11.5 Å². The van der Waals surface area contributed by atoms with E-state index in [1.54, 1.807) is 7.11 Å². The molecule has 2 aliphatic carbocycles. The minimum Gasteiger partial charge on any atom is -0.497 e. The van der Waals surface area contributed by atoms with E-state index in [9.17, 15) is 9.90 Å². The summed E-state index contributed by atoms with van der Waals surface area (Å²) in [6.45, 7) is 5.64. The highest BCUT2D eigenvalue weighted by atomic mass is 16.5. The second-order valence-corrected chi connectivity index (χ2v) is 9.30. The van der Waals surface area contributed by atoms with Gasteiger partial charge in [0.15, 0.2) is 0 Å². The SMILES string of the molecule is COc1cc(C)cc(OC2CCC3(CC2)CN(C(=O)C2CC(C)(O)C2)C3)c1. The van der Waals surface area contributed by atoms with E-state index in [0.717, 1.165) is 55.8 Å². The van der Waals surface area contributed by atoms with E-state index < -0.39 is 5.60 Å². The van der Waals surface area contributed by atoms with Gasteiger partial charge in [-0.15, -0.1) is 0 Å². The molecule has 5 nitrogen and oxygen atoms in total. The summed E-state index contributed by atoms with van der Waals surface area (Å²) in [4.78, 5) is 14.5. The van der Waals surface area contributed by atoms with Crippen molar-refractivity contribution in [2.24, 2.45) is 11.3 Å². The number of carbonyl (C=O) groups excluding carboxylic acids is 1. The molecular formula is C22H31NO4. The fourth-order valence-electron chi connectivity index (χ4n) is 5.08. The van der Waals surface area contributed by atoms with E-state index in [-0.39, 0.29) is 17.9 Å². The molecule has 3 fully saturated rings. The van der Waals surface area contributed by atoms with Crippen molar-refractivity contribution >= 4 is 5.91 Å². The van der Waals surface area contributed by atoms with Crippen molar-refractivity contribution in [1.29, 1.82) is 0 Å². The maximum absolute atomic E-state index is 12.5. The zero-order valence-corrected chi connectivity index (χ0v) is 16.7. The fourth-order valence-corrected chi connectivity index (χ4v) is 5.08. The number of aliphatic hydroxyl groups is 1. The predicted octanol–water partition coefficient (Wildman–Crippen LogP) is 3.31. The lowest BCUT2D eigenvalue weighted by Gasteiger charge is -2.55. The molecule has 0 bridgehead atoms. The van der Waals surface area contributed by atoms with Crippen LogP contribution in [0.25, 0.3) is 0 Å². The van der Waals surface area contributed by atoms with Crippen LogP contribution in [0.2, 0.25) is 0 Å². The molecule has 1 spiro atoms. The van der Waals surface area contributed by atoms with Crippen LogP contribution >= 0.6 is 0 Å². The first-order valence-electron chi connectivity index (χ1n) is 10.1. The number of hydrogen-bond acceptors (Lipinski definition) is 4. The van der Waals surface area contributed by atoms with E-state index in [1.807, 2.05) is 30.9 Å². The third-order valence-corrected chi connectivity index (χ3v) is 6.64. The Morgan fingerprint density at radius 3 is 2.37 bits per heavy atom. The van der Waals surface area contributed by atoms with Gasteiger partial charge in [-0.1, -0.05) is 0 Å². The summed E-state index contributed by atoms with van der Waals surface area (Å²) >= 11 is 0. The van der Waals surface area contributed by atoms with Gasteiger partial charge in [-0.2, -0.15) is 0 Å². The molecule has 148 valence electrons. The van der Waals surface area contributed by atoms with Gasteiger partial charge < -0.3 is 19.5 Å². The number of likely N-dealkylation sites (tertiary alicyclic amines) is 1. The van der Waals surface area contributed by atoms with Crippen LogP contribution in [0.15, 0.2) is 18.2 Å². The Kier molecular flexibility index (Phi) is 4.61. The second-order valence-electron chi connectivity index (χ2n) is 9.30.